The number of aryl methyl sites for hydroxylation is 2. The van der Waals surface area contributed by atoms with Crippen molar-refractivity contribution in [1.82, 2.24) is 0 Å². The van der Waals surface area contributed by atoms with Gasteiger partial charge in [-0.1, -0.05) is 126 Å². The molecular formula is C28H36. The van der Waals surface area contributed by atoms with Crippen LogP contribution < -0.4 is 0 Å². The van der Waals surface area contributed by atoms with Gasteiger partial charge in [0.15, 0.2) is 0 Å². The lowest BCUT2D eigenvalue weighted by molar-refractivity contribution is 1.15. The molecule has 0 aliphatic rings. The van der Waals surface area contributed by atoms with E-state index in [1.165, 1.54) is 32.7 Å². The van der Waals surface area contributed by atoms with Gasteiger partial charge in [0.2, 0.25) is 0 Å². The van der Waals surface area contributed by atoms with Crippen molar-refractivity contribution in [3.63, 3.8) is 0 Å². The van der Waals surface area contributed by atoms with Crippen molar-refractivity contribution in [1.29, 1.82) is 0 Å². The highest BCUT2D eigenvalue weighted by atomic mass is 14.0. The minimum Gasteiger partial charge on any atom is -0.0683 e. The molecule has 0 aromatic heterocycles. The maximum absolute atomic E-state index is 2.26. The molecule has 0 N–H and O–H groups in total. The van der Waals surface area contributed by atoms with Crippen LogP contribution >= 0.6 is 0 Å². The largest absolute Gasteiger partial charge is 0.0683 e. The lowest BCUT2D eigenvalue weighted by Gasteiger charge is -2.02. The van der Waals surface area contributed by atoms with Crippen LogP contribution in [0.25, 0.3) is 21.5 Å². The minimum absolute atomic E-state index is 1.11. The topological polar surface area (TPSA) is 0 Å². The Bertz CT molecular complexity index is 923. The maximum atomic E-state index is 2.26. The fraction of sp³-hybridized carbons (Fsp3) is 0.286. The number of rotatable bonds is 2. The molecule has 0 atom stereocenters. The van der Waals surface area contributed by atoms with E-state index in [2.05, 4.69) is 98.8 Å². The van der Waals surface area contributed by atoms with Crippen molar-refractivity contribution in [2.24, 2.45) is 0 Å². The lowest BCUT2D eigenvalue weighted by Crippen LogP contribution is -1.81. The van der Waals surface area contributed by atoms with Gasteiger partial charge in [-0.3, -0.25) is 0 Å². The van der Waals surface area contributed by atoms with Crippen LogP contribution in [0.1, 0.15) is 52.7 Å². The van der Waals surface area contributed by atoms with Gasteiger partial charge < -0.3 is 0 Å². The van der Waals surface area contributed by atoms with Gasteiger partial charge in [0.1, 0.15) is 0 Å². The lowest BCUT2D eigenvalue weighted by atomic mass is 10.0. The summed E-state index contributed by atoms with van der Waals surface area (Å²) >= 11 is 0. The van der Waals surface area contributed by atoms with Crippen molar-refractivity contribution in [2.45, 2.75) is 54.4 Å². The van der Waals surface area contributed by atoms with Gasteiger partial charge in [-0.25, -0.2) is 0 Å². The smallest absolute Gasteiger partial charge is 0.0152 e. The van der Waals surface area contributed by atoms with Crippen LogP contribution in [-0.4, -0.2) is 0 Å². The highest BCUT2D eigenvalue weighted by Crippen LogP contribution is 2.18. The van der Waals surface area contributed by atoms with Gasteiger partial charge in [0, 0.05) is 0 Å². The van der Waals surface area contributed by atoms with E-state index in [1.807, 2.05) is 27.7 Å². The van der Waals surface area contributed by atoms with Gasteiger partial charge in [0.05, 0.1) is 0 Å². The van der Waals surface area contributed by atoms with Crippen molar-refractivity contribution < 1.29 is 0 Å². The van der Waals surface area contributed by atoms with E-state index in [1.54, 1.807) is 0 Å². The Hall–Kier alpha value is -2.60. The van der Waals surface area contributed by atoms with E-state index >= 15 is 0 Å². The third-order valence-corrected chi connectivity index (χ3v) is 4.48. The van der Waals surface area contributed by atoms with Crippen LogP contribution in [0, 0.1) is 0 Å². The third kappa shape index (κ3) is 6.53. The molecule has 0 radical (unpaired) electrons. The molecule has 0 bridgehead atoms. The number of hydrogen-bond donors (Lipinski definition) is 0. The Balaban J connectivity index is 0.000000238. The van der Waals surface area contributed by atoms with Crippen molar-refractivity contribution >= 4 is 21.5 Å². The highest BCUT2D eigenvalue weighted by Gasteiger charge is 1.95. The molecule has 0 nitrogen and oxygen atoms in total. The van der Waals surface area contributed by atoms with Gasteiger partial charge >= 0.3 is 0 Å². The first-order chi connectivity index (χ1) is 13.8. The van der Waals surface area contributed by atoms with Gasteiger partial charge in [0.25, 0.3) is 0 Å². The molecule has 28 heavy (non-hydrogen) atoms. The Kier molecular flexibility index (Phi) is 11.3. The summed E-state index contributed by atoms with van der Waals surface area (Å²) in [5.74, 6) is 0. The second kappa shape index (κ2) is 13.6. The van der Waals surface area contributed by atoms with Crippen LogP contribution in [0.15, 0.2) is 84.9 Å². The Morgan fingerprint density at radius 3 is 1.71 bits per heavy atom. The van der Waals surface area contributed by atoms with Gasteiger partial charge in [-0.05, 0) is 45.5 Å². The molecule has 0 spiro atoms. The quantitative estimate of drug-likeness (QED) is 0.329. The first-order valence-electron chi connectivity index (χ1n) is 10.8. The summed E-state index contributed by atoms with van der Waals surface area (Å²) in [6.07, 6.45) is 2.23. The van der Waals surface area contributed by atoms with Crippen molar-refractivity contribution in [2.75, 3.05) is 0 Å². The van der Waals surface area contributed by atoms with E-state index < -0.39 is 0 Å². The van der Waals surface area contributed by atoms with Crippen molar-refractivity contribution in [3.8, 4) is 0 Å². The molecule has 0 aliphatic heterocycles. The molecule has 0 fully saturated rings. The first kappa shape index (κ1) is 23.4. The molecule has 0 amide bonds. The molecule has 0 saturated heterocycles. The zero-order valence-corrected chi connectivity index (χ0v) is 18.5. The molecule has 0 saturated carbocycles. The molecule has 0 aliphatic carbocycles. The predicted octanol–water partition coefficient (Wildman–Crippen LogP) is 8.86. The summed E-state index contributed by atoms with van der Waals surface area (Å²) in [6, 6.07) is 30.1. The van der Waals surface area contributed by atoms with E-state index in [9.17, 15) is 0 Å². The minimum atomic E-state index is 1.11. The highest BCUT2D eigenvalue weighted by molar-refractivity contribution is 5.85. The Labute approximate surface area is 172 Å². The Morgan fingerprint density at radius 2 is 1.07 bits per heavy atom. The van der Waals surface area contributed by atoms with Crippen LogP contribution in [0.3, 0.4) is 0 Å². The summed E-state index contributed by atoms with van der Waals surface area (Å²) in [4.78, 5) is 0. The second-order valence-corrected chi connectivity index (χ2v) is 6.03. The molecule has 148 valence electrons. The summed E-state index contributed by atoms with van der Waals surface area (Å²) in [5.41, 5.74) is 2.85. The third-order valence-electron chi connectivity index (χ3n) is 4.48. The number of fused-ring (bicyclic) bond motifs is 2. The van der Waals surface area contributed by atoms with Crippen LogP contribution in [0.5, 0.6) is 0 Å². The summed E-state index contributed by atoms with van der Waals surface area (Å²) in [6.45, 7) is 12.4. The molecular weight excluding hydrogens is 336 g/mol. The zero-order chi connectivity index (χ0) is 20.8. The number of benzene rings is 4. The van der Waals surface area contributed by atoms with E-state index in [4.69, 9.17) is 0 Å². The number of hydrogen-bond acceptors (Lipinski definition) is 0. The summed E-state index contributed by atoms with van der Waals surface area (Å²) < 4.78 is 0. The van der Waals surface area contributed by atoms with Gasteiger partial charge in [-0.2, -0.15) is 0 Å². The standard InChI is InChI=1S/2C12H12.2C2H6/c1-2-10-7-5-8-11-6-3-4-9-12(10)11;1-2-10-7-8-11-5-3-4-6-12(11)9-10;2*1-2/h2*3-9H,2H2,1H3;2*1-2H3. The van der Waals surface area contributed by atoms with Crippen molar-refractivity contribution in [3.05, 3.63) is 96.1 Å². The van der Waals surface area contributed by atoms with E-state index in [0.29, 0.717) is 0 Å². The predicted molar refractivity (Wildman–Crippen MR) is 129 cm³/mol. The van der Waals surface area contributed by atoms with Crippen LogP contribution in [0.4, 0.5) is 0 Å². The normalized spacial score (nSPS) is 9.36. The maximum Gasteiger partial charge on any atom is -0.0152 e. The first-order valence-corrected chi connectivity index (χ1v) is 10.8. The zero-order valence-electron chi connectivity index (χ0n) is 18.5. The van der Waals surface area contributed by atoms with E-state index in [0.717, 1.165) is 12.8 Å². The molecule has 0 heteroatoms. The molecule has 4 rings (SSSR count). The SMILES string of the molecule is CC.CC.CCc1ccc2ccccc2c1.CCc1cccc2ccccc12. The van der Waals surface area contributed by atoms with Crippen LogP contribution in [-0.2, 0) is 12.8 Å². The Morgan fingerprint density at radius 1 is 0.500 bits per heavy atom. The van der Waals surface area contributed by atoms with E-state index in [-0.39, 0.29) is 0 Å². The average Bonchev–Trinajstić information content (AvgIpc) is 2.81. The fourth-order valence-electron chi connectivity index (χ4n) is 3.06. The molecule has 4 aromatic rings. The molecule has 4 aromatic carbocycles. The molecule has 0 heterocycles. The summed E-state index contributed by atoms with van der Waals surface area (Å²) in [5, 5.41) is 5.41. The van der Waals surface area contributed by atoms with Gasteiger partial charge in [-0.15, -0.1) is 0 Å². The fourth-order valence-corrected chi connectivity index (χ4v) is 3.06. The summed E-state index contributed by atoms with van der Waals surface area (Å²) in [7, 11) is 0. The molecule has 0 unspecified atom stereocenters. The average molecular weight is 373 g/mol. The van der Waals surface area contributed by atoms with Crippen LogP contribution in [0.2, 0.25) is 0 Å². The second-order valence-electron chi connectivity index (χ2n) is 6.03. The monoisotopic (exact) mass is 372 g/mol.